The van der Waals surface area contributed by atoms with Crippen molar-refractivity contribution in [1.82, 2.24) is 4.90 Å². The normalized spacial score (nSPS) is 16.5. The van der Waals surface area contributed by atoms with Gasteiger partial charge in [-0.25, -0.2) is 4.79 Å². The van der Waals surface area contributed by atoms with Gasteiger partial charge in [0.15, 0.2) is 0 Å². The van der Waals surface area contributed by atoms with Gasteiger partial charge in [0.25, 0.3) is 5.91 Å². The fraction of sp³-hybridized carbons (Fsp3) is 0.333. The maximum Gasteiger partial charge on any atom is 0.326 e. The molecule has 0 saturated carbocycles. The predicted molar refractivity (Wildman–Crippen MR) is 101 cm³/mol. The summed E-state index contributed by atoms with van der Waals surface area (Å²) in [7, 11) is 0. The number of nitrogens with zero attached hydrogens (tertiary/aromatic N) is 2. The molecule has 0 bridgehead atoms. The molecule has 1 saturated heterocycles. The molecule has 1 heterocycles. The van der Waals surface area contributed by atoms with Gasteiger partial charge in [0.1, 0.15) is 6.04 Å². The van der Waals surface area contributed by atoms with Crippen molar-refractivity contribution in [3.05, 3.63) is 65.7 Å². The lowest BCUT2D eigenvalue weighted by molar-refractivity contribution is -0.141. The maximum absolute atomic E-state index is 12.7. The van der Waals surface area contributed by atoms with E-state index in [4.69, 9.17) is 0 Å². The van der Waals surface area contributed by atoms with Crippen molar-refractivity contribution in [2.24, 2.45) is 0 Å². The van der Waals surface area contributed by atoms with Crippen LogP contribution in [0.3, 0.4) is 0 Å². The molecule has 2 aromatic rings. The molecule has 0 aliphatic carbocycles. The number of benzene rings is 2. The molecule has 1 fully saturated rings. The number of carbonyl (C=O) groups excluding carboxylic acids is 1. The Kier molecular flexibility index (Phi) is 5.56. The van der Waals surface area contributed by atoms with Crippen molar-refractivity contribution >= 4 is 17.6 Å². The molecule has 3 rings (SSSR count). The fourth-order valence-corrected chi connectivity index (χ4v) is 3.44. The molecule has 136 valence electrons. The summed E-state index contributed by atoms with van der Waals surface area (Å²) in [4.78, 5) is 27.7. The van der Waals surface area contributed by atoms with Crippen molar-refractivity contribution < 1.29 is 14.7 Å². The summed E-state index contributed by atoms with van der Waals surface area (Å²) in [5, 5.41) is 9.27. The topological polar surface area (TPSA) is 60.9 Å². The van der Waals surface area contributed by atoms with Crippen molar-refractivity contribution in [3.63, 3.8) is 0 Å². The molecular formula is C21H24N2O3. The van der Waals surface area contributed by atoms with E-state index in [1.807, 2.05) is 30.3 Å². The number of amides is 1. The van der Waals surface area contributed by atoms with Gasteiger partial charge in [-0.1, -0.05) is 30.3 Å². The summed E-state index contributed by atoms with van der Waals surface area (Å²) < 4.78 is 0. The number of carbonyl (C=O) groups is 2. The van der Waals surface area contributed by atoms with E-state index in [1.165, 1.54) is 10.5 Å². The zero-order chi connectivity index (χ0) is 18.5. The van der Waals surface area contributed by atoms with Gasteiger partial charge in [-0.15, -0.1) is 0 Å². The number of carboxylic acids is 1. The second-order valence-corrected chi connectivity index (χ2v) is 6.54. The highest BCUT2D eigenvalue weighted by atomic mass is 16.4. The van der Waals surface area contributed by atoms with Crippen LogP contribution in [0.25, 0.3) is 0 Å². The van der Waals surface area contributed by atoms with Gasteiger partial charge in [0, 0.05) is 30.9 Å². The van der Waals surface area contributed by atoms with Crippen LogP contribution in [0.1, 0.15) is 35.7 Å². The minimum atomic E-state index is -0.924. The molecule has 0 aromatic heterocycles. The number of rotatable bonds is 6. The van der Waals surface area contributed by atoms with Crippen LogP contribution in [0.5, 0.6) is 0 Å². The summed E-state index contributed by atoms with van der Waals surface area (Å²) in [6.07, 6.45) is 1.27. The second kappa shape index (κ2) is 8.04. The van der Waals surface area contributed by atoms with Crippen LogP contribution >= 0.6 is 0 Å². The third-order valence-electron chi connectivity index (χ3n) is 4.88. The summed E-state index contributed by atoms with van der Waals surface area (Å²) in [5.41, 5.74) is 2.82. The zero-order valence-corrected chi connectivity index (χ0v) is 15.0. The average molecular weight is 352 g/mol. The van der Waals surface area contributed by atoms with Gasteiger partial charge >= 0.3 is 5.97 Å². The molecule has 0 spiro atoms. The van der Waals surface area contributed by atoms with Crippen LogP contribution in [0, 0.1) is 0 Å². The fourth-order valence-electron chi connectivity index (χ4n) is 3.44. The Balaban J connectivity index is 1.73. The van der Waals surface area contributed by atoms with E-state index in [9.17, 15) is 14.7 Å². The Labute approximate surface area is 153 Å². The van der Waals surface area contributed by atoms with Gasteiger partial charge in [-0.2, -0.15) is 0 Å². The number of hydrogen-bond acceptors (Lipinski definition) is 3. The largest absolute Gasteiger partial charge is 0.480 e. The molecular weight excluding hydrogens is 328 g/mol. The SMILES string of the molecule is CCN(Cc1ccccc1)c1ccc(C(=O)N2CCCC2C(=O)O)cc1. The summed E-state index contributed by atoms with van der Waals surface area (Å²) in [5.74, 6) is -1.12. The molecule has 1 N–H and O–H groups in total. The number of likely N-dealkylation sites (tertiary alicyclic amines) is 1. The van der Waals surface area contributed by atoms with Crippen molar-refractivity contribution in [1.29, 1.82) is 0 Å². The molecule has 0 radical (unpaired) electrons. The number of carboxylic acid groups (broad SMARTS) is 1. The first kappa shape index (κ1) is 18.0. The van der Waals surface area contributed by atoms with E-state index in [0.29, 0.717) is 18.5 Å². The Morgan fingerprint density at radius 2 is 1.81 bits per heavy atom. The van der Waals surface area contributed by atoms with E-state index in [1.54, 1.807) is 12.1 Å². The van der Waals surface area contributed by atoms with Gasteiger partial charge < -0.3 is 14.9 Å². The van der Waals surface area contributed by atoms with Crippen LogP contribution < -0.4 is 4.90 Å². The lowest BCUT2D eigenvalue weighted by atomic mass is 10.1. The molecule has 1 atom stereocenters. The van der Waals surface area contributed by atoms with E-state index < -0.39 is 12.0 Å². The molecule has 1 aliphatic heterocycles. The third kappa shape index (κ3) is 3.87. The highest BCUT2D eigenvalue weighted by molar-refractivity contribution is 5.97. The van der Waals surface area contributed by atoms with Crippen LogP contribution in [0.4, 0.5) is 5.69 Å². The van der Waals surface area contributed by atoms with E-state index in [2.05, 4.69) is 24.0 Å². The van der Waals surface area contributed by atoms with Gasteiger partial charge in [-0.05, 0) is 49.6 Å². The number of hydrogen-bond donors (Lipinski definition) is 1. The lowest BCUT2D eigenvalue weighted by Gasteiger charge is -2.24. The Morgan fingerprint density at radius 3 is 2.42 bits per heavy atom. The highest BCUT2D eigenvalue weighted by Gasteiger charge is 2.34. The monoisotopic (exact) mass is 352 g/mol. The zero-order valence-electron chi connectivity index (χ0n) is 15.0. The highest BCUT2D eigenvalue weighted by Crippen LogP contribution is 2.23. The molecule has 1 aliphatic rings. The first-order valence-electron chi connectivity index (χ1n) is 9.03. The van der Waals surface area contributed by atoms with E-state index in [0.717, 1.165) is 25.2 Å². The quantitative estimate of drug-likeness (QED) is 0.865. The predicted octanol–water partition coefficient (Wildman–Crippen LogP) is 3.40. The van der Waals surface area contributed by atoms with Crippen LogP contribution in [-0.2, 0) is 11.3 Å². The van der Waals surface area contributed by atoms with Crippen LogP contribution in [0.15, 0.2) is 54.6 Å². The van der Waals surface area contributed by atoms with E-state index >= 15 is 0 Å². The summed E-state index contributed by atoms with van der Waals surface area (Å²) in [6, 6.07) is 17.0. The Morgan fingerprint density at radius 1 is 1.12 bits per heavy atom. The maximum atomic E-state index is 12.7. The summed E-state index contributed by atoms with van der Waals surface area (Å²) >= 11 is 0. The molecule has 2 aromatic carbocycles. The smallest absolute Gasteiger partial charge is 0.326 e. The van der Waals surface area contributed by atoms with Crippen LogP contribution in [0.2, 0.25) is 0 Å². The Bertz CT molecular complexity index is 759. The standard InChI is InChI=1S/C21H24N2O3/c1-2-22(15-16-7-4-3-5-8-16)18-12-10-17(11-13-18)20(24)23-14-6-9-19(23)21(25)26/h3-5,7-8,10-13,19H,2,6,9,14-15H2,1H3,(H,25,26). The Hall–Kier alpha value is -2.82. The first-order chi connectivity index (χ1) is 12.6. The molecule has 5 nitrogen and oxygen atoms in total. The number of aliphatic carboxylic acids is 1. The summed E-state index contributed by atoms with van der Waals surface area (Å²) in [6.45, 7) is 4.27. The molecule has 26 heavy (non-hydrogen) atoms. The van der Waals surface area contributed by atoms with Crippen LogP contribution in [-0.4, -0.2) is 41.0 Å². The third-order valence-corrected chi connectivity index (χ3v) is 4.88. The van der Waals surface area contributed by atoms with Crippen molar-refractivity contribution in [3.8, 4) is 0 Å². The minimum Gasteiger partial charge on any atom is -0.480 e. The van der Waals surface area contributed by atoms with Gasteiger partial charge in [-0.3, -0.25) is 4.79 Å². The molecule has 1 amide bonds. The number of anilines is 1. The minimum absolute atomic E-state index is 0.201. The molecule has 1 unspecified atom stereocenters. The second-order valence-electron chi connectivity index (χ2n) is 6.54. The van der Waals surface area contributed by atoms with E-state index in [-0.39, 0.29) is 5.91 Å². The first-order valence-corrected chi connectivity index (χ1v) is 9.03. The van der Waals surface area contributed by atoms with Gasteiger partial charge in [0.2, 0.25) is 0 Å². The molecule has 5 heteroatoms. The van der Waals surface area contributed by atoms with Gasteiger partial charge in [0.05, 0.1) is 0 Å². The lowest BCUT2D eigenvalue weighted by Crippen LogP contribution is -2.40. The van der Waals surface area contributed by atoms with Crippen molar-refractivity contribution in [2.75, 3.05) is 18.0 Å². The average Bonchev–Trinajstić information content (AvgIpc) is 3.17. The van der Waals surface area contributed by atoms with Crippen molar-refractivity contribution in [2.45, 2.75) is 32.4 Å².